The maximum atomic E-state index is 12.7. The highest BCUT2D eigenvalue weighted by Crippen LogP contribution is 2.33. The van der Waals surface area contributed by atoms with Crippen LogP contribution in [0, 0.1) is 13.8 Å². The monoisotopic (exact) mass is 516 g/mol. The molecule has 1 atom stereocenters. The molecule has 1 unspecified atom stereocenters. The van der Waals surface area contributed by atoms with Gasteiger partial charge < -0.3 is 19.4 Å². The van der Waals surface area contributed by atoms with Crippen LogP contribution >= 0.6 is 23.1 Å². The van der Waals surface area contributed by atoms with E-state index in [1.165, 1.54) is 35.8 Å². The van der Waals surface area contributed by atoms with Crippen molar-refractivity contribution in [2.45, 2.75) is 65.3 Å². The molecule has 0 saturated heterocycles. The number of thioether (sulfide) groups is 1. The highest BCUT2D eigenvalue weighted by molar-refractivity contribution is 7.99. The van der Waals surface area contributed by atoms with Gasteiger partial charge in [-0.2, -0.15) is 0 Å². The lowest BCUT2D eigenvalue weighted by molar-refractivity contribution is -0.113. The highest BCUT2D eigenvalue weighted by Gasteiger charge is 2.23. The van der Waals surface area contributed by atoms with Gasteiger partial charge in [0.15, 0.2) is 17.1 Å². The van der Waals surface area contributed by atoms with Gasteiger partial charge in [0.25, 0.3) is 0 Å². The Kier molecular flexibility index (Phi) is 8.96. The first-order valence-corrected chi connectivity index (χ1v) is 13.3. The third kappa shape index (κ3) is 6.24. The van der Waals surface area contributed by atoms with Crippen molar-refractivity contribution in [2.75, 3.05) is 18.2 Å². The minimum absolute atomic E-state index is 0.126. The molecule has 0 aliphatic heterocycles. The largest absolute Gasteiger partial charge is 0.483 e. The molecular weight excluding hydrogens is 484 g/mol. The van der Waals surface area contributed by atoms with E-state index < -0.39 is 5.97 Å². The number of anilines is 1. The highest BCUT2D eigenvalue weighted by atomic mass is 32.2. The second kappa shape index (κ2) is 11.7. The zero-order valence-corrected chi connectivity index (χ0v) is 22.8. The molecule has 188 valence electrons. The predicted molar refractivity (Wildman–Crippen MR) is 140 cm³/mol. The van der Waals surface area contributed by atoms with Crippen LogP contribution < -0.4 is 10.1 Å². The molecule has 3 aromatic rings. The Balaban J connectivity index is 1.66. The van der Waals surface area contributed by atoms with Crippen LogP contribution in [0.1, 0.15) is 71.9 Å². The van der Waals surface area contributed by atoms with Gasteiger partial charge in [-0.1, -0.05) is 37.7 Å². The number of rotatable bonds is 10. The van der Waals surface area contributed by atoms with Crippen LogP contribution in [0.2, 0.25) is 0 Å². The van der Waals surface area contributed by atoms with Crippen LogP contribution in [0.25, 0.3) is 0 Å². The number of aryl methyl sites for hydroxylation is 1. The first-order valence-electron chi connectivity index (χ1n) is 11.5. The van der Waals surface area contributed by atoms with Crippen LogP contribution in [0.3, 0.4) is 0 Å². The lowest BCUT2D eigenvalue weighted by Crippen LogP contribution is -2.17. The molecule has 0 fully saturated rings. The van der Waals surface area contributed by atoms with Crippen LogP contribution in [0.15, 0.2) is 29.4 Å². The molecule has 3 rings (SSSR count). The number of carbonyl (C=O) groups excluding carboxylic acids is 2. The molecule has 0 aliphatic rings. The molecule has 0 aliphatic carbocycles. The fraction of sp³-hybridized carbons (Fsp3) is 0.440. The van der Waals surface area contributed by atoms with Crippen molar-refractivity contribution in [3.63, 3.8) is 0 Å². The lowest BCUT2D eigenvalue weighted by Gasteiger charge is -2.16. The molecule has 35 heavy (non-hydrogen) atoms. The Bertz CT molecular complexity index is 1190. The fourth-order valence-corrected chi connectivity index (χ4v) is 5.42. The standard InChI is InChI=1S/C25H32N4O4S2/c1-8-29-22(16(5)33-19-11-9-18(10-12-19)14(2)3)27-28-25(29)34-13-20(30)26-23-21(24(31)32-7)15(4)17(6)35-23/h9-12,14,16H,8,13H2,1-7H3,(H,26,30). The number of hydrogen-bond acceptors (Lipinski definition) is 8. The van der Waals surface area contributed by atoms with Gasteiger partial charge in [-0.3, -0.25) is 4.79 Å². The molecule has 10 heteroatoms. The van der Waals surface area contributed by atoms with E-state index in [2.05, 4.69) is 41.5 Å². The quantitative estimate of drug-likeness (QED) is 0.270. The summed E-state index contributed by atoms with van der Waals surface area (Å²) in [6, 6.07) is 8.07. The summed E-state index contributed by atoms with van der Waals surface area (Å²) >= 11 is 2.65. The van der Waals surface area contributed by atoms with Crippen molar-refractivity contribution in [1.29, 1.82) is 0 Å². The lowest BCUT2D eigenvalue weighted by atomic mass is 10.0. The van der Waals surface area contributed by atoms with Crippen molar-refractivity contribution in [3.8, 4) is 5.75 Å². The zero-order valence-electron chi connectivity index (χ0n) is 21.2. The summed E-state index contributed by atoms with van der Waals surface area (Å²) in [5.74, 6) is 1.35. The summed E-state index contributed by atoms with van der Waals surface area (Å²) in [6.07, 6.45) is -0.310. The Hall–Kier alpha value is -2.85. The van der Waals surface area contributed by atoms with Gasteiger partial charge in [0, 0.05) is 11.4 Å². The summed E-state index contributed by atoms with van der Waals surface area (Å²) < 4.78 is 12.9. The number of hydrogen-bond donors (Lipinski definition) is 1. The summed E-state index contributed by atoms with van der Waals surface area (Å²) in [7, 11) is 1.33. The molecule has 2 heterocycles. The molecular formula is C25H32N4O4S2. The predicted octanol–water partition coefficient (Wildman–Crippen LogP) is 5.76. The van der Waals surface area contributed by atoms with Crippen molar-refractivity contribution < 1.29 is 19.1 Å². The van der Waals surface area contributed by atoms with Crippen LogP contribution in [-0.4, -0.2) is 39.5 Å². The van der Waals surface area contributed by atoms with Crippen LogP contribution in [0.4, 0.5) is 5.00 Å². The number of esters is 1. The fourth-order valence-electron chi connectivity index (χ4n) is 3.55. The Morgan fingerprint density at radius 1 is 1.14 bits per heavy atom. The SMILES string of the molecule is CCn1c(SCC(=O)Nc2sc(C)c(C)c2C(=O)OC)nnc1C(C)Oc1ccc(C(C)C)cc1. The van der Waals surface area contributed by atoms with Crippen LogP contribution in [0.5, 0.6) is 5.75 Å². The van der Waals surface area contributed by atoms with Crippen molar-refractivity contribution in [1.82, 2.24) is 14.8 Å². The van der Waals surface area contributed by atoms with E-state index in [-0.39, 0.29) is 17.8 Å². The molecule has 8 nitrogen and oxygen atoms in total. The molecule has 0 spiro atoms. The molecule has 0 bridgehead atoms. The molecule has 0 radical (unpaired) electrons. The summed E-state index contributed by atoms with van der Waals surface area (Å²) in [6.45, 7) is 12.6. The average molecular weight is 517 g/mol. The van der Waals surface area contributed by atoms with E-state index in [0.29, 0.717) is 34.0 Å². The Morgan fingerprint density at radius 2 is 1.83 bits per heavy atom. The third-order valence-electron chi connectivity index (χ3n) is 5.65. The van der Waals surface area contributed by atoms with Gasteiger partial charge >= 0.3 is 5.97 Å². The number of thiophene rings is 1. The first kappa shape index (κ1) is 26.7. The summed E-state index contributed by atoms with van der Waals surface area (Å²) in [5, 5.41) is 12.6. The van der Waals surface area contributed by atoms with Gasteiger partial charge in [-0.05, 0) is 56.9 Å². The summed E-state index contributed by atoms with van der Waals surface area (Å²) in [5.41, 5.74) is 2.47. The maximum absolute atomic E-state index is 12.7. The number of ether oxygens (including phenoxy) is 2. The second-order valence-electron chi connectivity index (χ2n) is 8.38. The molecule has 2 aromatic heterocycles. The number of benzene rings is 1. The van der Waals surface area contributed by atoms with Crippen molar-refractivity contribution >= 4 is 40.0 Å². The number of amides is 1. The molecule has 1 N–H and O–H groups in total. The topological polar surface area (TPSA) is 95.3 Å². The van der Waals surface area contributed by atoms with Gasteiger partial charge in [0.2, 0.25) is 5.91 Å². The van der Waals surface area contributed by atoms with E-state index in [1.54, 1.807) is 0 Å². The van der Waals surface area contributed by atoms with E-state index in [1.807, 2.05) is 44.4 Å². The third-order valence-corrected chi connectivity index (χ3v) is 7.73. The smallest absolute Gasteiger partial charge is 0.341 e. The number of nitrogens with one attached hydrogen (secondary N) is 1. The minimum atomic E-state index is -0.460. The van der Waals surface area contributed by atoms with Gasteiger partial charge in [0.05, 0.1) is 18.4 Å². The maximum Gasteiger partial charge on any atom is 0.341 e. The van der Waals surface area contributed by atoms with E-state index in [9.17, 15) is 9.59 Å². The van der Waals surface area contributed by atoms with Gasteiger partial charge in [0.1, 0.15) is 10.8 Å². The van der Waals surface area contributed by atoms with Crippen LogP contribution in [-0.2, 0) is 16.1 Å². The zero-order chi connectivity index (χ0) is 25.7. The normalized spacial score (nSPS) is 12.0. The Morgan fingerprint density at radius 3 is 2.43 bits per heavy atom. The van der Waals surface area contributed by atoms with Crippen molar-refractivity contribution in [3.05, 3.63) is 51.7 Å². The number of carbonyl (C=O) groups is 2. The molecule has 1 amide bonds. The molecule has 0 saturated carbocycles. The Labute approximate surface area is 214 Å². The second-order valence-corrected chi connectivity index (χ2v) is 10.6. The summed E-state index contributed by atoms with van der Waals surface area (Å²) in [4.78, 5) is 25.8. The molecule has 1 aromatic carbocycles. The van der Waals surface area contributed by atoms with Crippen molar-refractivity contribution in [2.24, 2.45) is 0 Å². The van der Waals surface area contributed by atoms with Gasteiger partial charge in [-0.15, -0.1) is 21.5 Å². The minimum Gasteiger partial charge on any atom is -0.483 e. The van der Waals surface area contributed by atoms with Gasteiger partial charge in [-0.25, -0.2) is 4.79 Å². The first-order chi connectivity index (χ1) is 16.7. The number of nitrogens with zero attached hydrogens (tertiary/aromatic N) is 3. The average Bonchev–Trinajstić information content (AvgIpc) is 3.37. The van der Waals surface area contributed by atoms with E-state index >= 15 is 0 Å². The number of aromatic nitrogens is 3. The van der Waals surface area contributed by atoms with E-state index in [4.69, 9.17) is 9.47 Å². The van der Waals surface area contributed by atoms with E-state index in [0.717, 1.165) is 16.2 Å². The number of methoxy groups -OCH3 is 1.